The fraction of sp³-hybridized carbons (Fsp3) is 0.154. The highest BCUT2D eigenvalue weighted by molar-refractivity contribution is 6.36. The van der Waals surface area contributed by atoms with Crippen molar-refractivity contribution in [1.29, 1.82) is 0 Å². The molecular weight excluding hydrogens is 473 g/mol. The maximum Gasteiger partial charge on any atom is 0.264 e. The molecule has 172 valence electrons. The van der Waals surface area contributed by atoms with Gasteiger partial charge in [0.15, 0.2) is 5.78 Å². The van der Waals surface area contributed by atoms with E-state index >= 15 is 0 Å². The van der Waals surface area contributed by atoms with Crippen molar-refractivity contribution in [2.24, 2.45) is 7.05 Å². The molecule has 1 amide bonds. The molecule has 0 aliphatic rings. The molecule has 4 rings (SSSR count). The minimum absolute atomic E-state index is 0.0980. The minimum Gasteiger partial charge on any atom is -0.325 e. The van der Waals surface area contributed by atoms with Gasteiger partial charge in [0.2, 0.25) is 5.91 Å². The molecule has 1 N–H and O–H groups in total. The van der Waals surface area contributed by atoms with Gasteiger partial charge in [-0.25, -0.2) is 4.98 Å². The number of nitrogens with zero attached hydrogens (tertiary/aromatic N) is 2. The monoisotopic (exact) mass is 493 g/mol. The molecule has 0 fully saturated rings. The zero-order valence-corrected chi connectivity index (χ0v) is 20.5. The molecule has 2 aromatic heterocycles. The van der Waals surface area contributed by atoms with Gasteiger partial charge >= 0.3 is 0 Å². The smallest absolute Gasteiger partial charge is 0.264 e. The fourth-order valence-corrected chi connectivity index (χ4v) is 4.42. The molecule has 0 aliphatic carbocycles. The number of rotatable bonds is 4. The SMILES string of the molecule is CC(=O)Nc1c(C(C)=O)c(=O)n(C)c2nc(-c3ccc(Cl)cc3Cl)c(-c3ccc(C)cc3)cc12. The first-order chi connectivity index (χ1) is 16.1. The van der Waals surface area contributed by atoms with E-state index in [1.807, 2.05) is 37.3 Å². The number of nitrogens with one attached hydrogen (secondary N) is 1. The Morgan fingerprint density at radius 1 is 0.971 bits per heavy atom. The summed E-state index contributed by atoms with van der Waals surface area (Å²) in [6.45, 7) is 4.61. The summed E-state index contributed by atoms with van der Waals surface area (Å²) in [7, 11) is 1.54. The van der Waals surface area contributed by atoms with Gasteiger partial charge in [-0.3, -0.25) is 19.0 Å². The average molecular weight is 494 g/mol. The summed E-state index contributed by atoms with van der Waals surface area (Å²) in [6, 6.07) is 14.8. The van der Waals surface area contributed by atoms with Crippen molar-refractivity contribution in [3.8, 4) is 22.4 Å². The zero-order valence-electron chi connectivity index (χ0n) is 19.0. The lowest BCUT2D eigenvalue weighted by atomic mass is 9.96. The molecule has 0 saturated heterocycles. The Morgan fingerprint density at radius 2 is 1.65 bits per heavy atom. The standard InChI is InChI=1S/C26H21Cl2N3O3/c1-13-5-7-16(8-6-13)19-12-20-24(29-15(3)33)22(14(2)32)26(34)31(4)25(20)30-23(19)18-10-9-17(27)11-21(18)28/h5-12H,1-4H3,(H,29,33). The molecule has 2 heterocycles. The van der Waals surface area contributed by atoms with Crippen molar-refractivity contribution in [3.05, 3.63) is 80.1 Å². The van der Waals surface area contributed by atoms with Crippen LogP contribution in [0.4, 0.5) is 5.69 Å². The number of carbonyl (C=O) groups is 2. The fourth-order valence-electron chi connectivity index (χ4n) is 3.92. The average Bonchev–Trinajstić information content (AvgIpc) is 2.77. The number of aromatic nitrogens is 2. The second kappa shape index (κ2) is 9.05. The van der Waals surface area contributed by atoms with Crippen LogP contribution in [0, 0.1) is 6.92 Å². The van der Waals surface area contributed by atoms with Crippen molar-refractivity contribution in [1.82, 2.24) is 9.55 Å². The number of aryl methyl sites for hydroxylation is 2. The summed E-state index contributed by atoms with van der Waals surface area (Å²) in [5.41, 5.74) is 3.63. The van der Waals surface area contributed by atoms with Gasteiger partial charge in [-0.15, -0.1) is 0 Å². The molecule has 0 unspecified atom stereocenters. The van der Waals surface area contributed by atoms with Crippen molar-refractivity contribution >= 4 is 51.6 Å². The van der Waals surface area contributed by atoms with Gasteiger partial charge in [0.1, 0.15) is 11.2 Å². The number of benzene rings is 2. The van der Waals surface area contributed by atoms with Crippen LogP contribution in [0.15, 0.2) is 53.3 Å². The van der Waals surface area contributed by atoms with Crippen molar-refractivity contribution in [3.63, 3.8) is 0 Å². The summed E-state index contributed by atoms with van der Waals surface area (Å²) in [4.78, 5) is 42.3. The van der Waals surface area contributed by atoms with Crippen LogP contribution in [-0.4, -0.2) is 21.2 Å². The highest BCUT2D eigenvalue weighted by atomic mass is 35.5. The molecule has 2 aromatic carbocycles. The lowest BCUT2D eigenvalue weighted by molar-refractivity contribution is -0.114. The van der Waals surface area contributed by atoms with Crippen LogP contribution in [0.25, 0.3) is 33.4 Å². The van der Waals surface area contributed by atoms with Crippen LogP contribution in [0.1, 0.15) is 29.8 Å². The van der Waals surface area contributed by atoms with Gasteiger partial charge in [0, 0.05) is 35.5 Å². The number of fused-ring (bicyclic) bond motifs is 1. The summed E-state index contributed by atoms with van der Waals surface area (Å²) in [6.07, 6.45) is 0. The molecule has 6 nitrogen and oxygen atoms in total. The molecule has 0 bridgehead atoms. The van der Waals surface area contributed by atoms with Gasteiger partial charge in [-0.2, -0.15) is 0 Å². The maximum absolute atomic E-state index is 13.1. The third kappa shape index (κ3) is 4.22. The summed E-state index contributed by atoms with van der Waals surface area (Å²) in [5.74, 6) is -0.855. The van der Waals surface area contributed by atoms with Crippen LogP contribution >= 0.6 is 23.2 Å². The number of hydrogen-bond acceptors (Lipinski definition) is 4. The van der Waals surface area contributed by atoms with Gasteiger partial charge in [-0.05, 0) is 43.7 Å². The number of carbonyl (C=O) groups excluding carboxylic acids is 2. The molecular formula is C26H21Cl2N3O3. The van der Waals surface area contributed by atoms with Gasteiger partial charge in [-0.1, -0.05) is 53.0 Å². The second-order valence-corrected chi connectivity index (χ2v) is 8.94. The van der Waals surface area contributed by atoms with E-state index in [1.165, 1.54) is 18.4 Å². The molecule has 34 heavy (non-hydrogen) atoms. The topological polar surface area (TPSA) is 81.1 Å². The van der Waals surface area contributed by atoms with Crippen molar-refractivity contribution in [2.75, 3.05) is 5.32 Å². The minimum atomic E-state index is -0.549. The first-order valence-corrected chi connectivity index (χ1v) is 11.2. The van der Waals surface area contributed by atoms with E-state index in [0.29, 0.717) is 32.3 Å². The van der Waals surface area contributed by atoms with Crippen LogP contribution < -0.4 is 10.9 Å². The lowest BCUT2D eigenvalue weighted by Gasteiger charge is -2.18. The summed E-state index contributed by atoms with van der Waals surface area (Å²) < 4.78 is 1.31. The molecule has 0 atom stereocenters. The largest absolute Gasteiger partial charge is 0.325 e. The van der Waals surface area contributed by atoms with Crippen LogP contribution in [0.3, 0.4) is 0 Å². The lowest BCUT2D eigenvalue weighted by Crippen LogP contribution is -2.27. The highest BCUT2D eigenvalue weighted by Crippen LogP contribution is 2.39. The van der Waals surface area contributed by atoms with Crippen LogP contribution in [-0.2, 0) is 11.8 Å². The normalized spacial score (nSPS) is 11.0. The van der Waals surface area contributed by atoms with E-state index in [-0.39, 0.29) is 11.3 Å². The number of Topliss-reactive ketones (excluding diaryl/α,β-unsaturated/α-hetero) is 1. The number of hydrogen-bond donors (Lipinski definition) is 1. The Bertz CT molecular complexity index is 1540. The number of amides is 1. The van der Waals surface area contributed by atoms with Crippen molar-refractivity contribution < 1.29 is 9.59 Å². The molecule has 4 aromatic rings. The quantitative estimate of drug-likeness (QED) is 0.351. The summed E-state index contributed by atoms with van der Waals surface area (Å²) in [5, 5.41) is 4.03. The van der Waals surface area contributed by atoms with Crippen molar-refractivity contribution in [2.45, 2.75) is 20.8 Å². The van der Waals surface area contributed by atoms with Gasteiger partial charge in [0.05, 0.1) is 16.4 Å². The Balaban J connectivity index is 2.20. The second-order valence-electron chi connectivity index (χ2n) is 8.10. The molecule has 8 heteroatoms. The predicted octanol–water partition coefficient (Wildman–Crippen LogP) is 6.04. The van der Waals surface area contributed by atoms with Gasteiger partial charge < -0.3 is 5.32 Å². The Morgan fingerprint density at radius 3 is 2.24 bits per heavy atom. The maximum atomic E-state index is 13.1. The Hall–Kier alpha value is -3.48. The van der Waals surface area contributed by atoms with E-state index in [9.17, 15) is 14.4 Å². The molecule has 0 aliphatic heterocycles. The number of pyridine rings is 2. The molecule has 0 saturated carbocycles. The van der Waals surface area contributed by atoms with Crippen LogP contribution in [0.5, 0.6) is 0 Å². The Labute approximate surface area is 206 Å². The van der Waals surface area contributed by atoms with Crippen LogP contribution in [0.2, 0.25) is 10.0 Å². The predicted molar refractivity (Wildman–Crippen MR) is 137 cm³/mol. The van der Waals surface area contributed by atoms with Gasteiger partial charge in [0.25, 0.3) is 5.56 Å². The van der Waals surface area contributed by atoms with E-state index < -0.39 is 17.2 Å². The zero-order chi connectivity index (χ0) is 24.7. The van der Waals surface area contributed by atoms with E-state index in [0.717, 1.165) is 16.7 Å². The van der Waals surface area contributed by atoms with E-state index in [1.54, 1.807) is 25.2 Å². The molecule has 0 spiro atoms. The first-order valence-electron chi connectivity index (χ1n) is 10.5. The first kappa shape index (κ1) is 23.7. The highest BCUT2D eigenvalue weighted by Gasteiger charge is 2.23. The van der Waals surface area contributed by atoms with E-state index in [2.05, 4.69) is 5.32 Å². The number of ketones is 1. The summed E-state index contributed by atoms with van der Waals surface area (Å²) >= 11 is 12.7. The number of halogens is 2. The third-order valence-corrected chi connectivity index (χ3v) is 6.11. The Kier molecular flexibility index (Phi) is 6.30. The number of anilines is 1. The molecule has 0 radical (unpaired) electrons. The third-order valence-electron chi connectivity index (χ3n) is 5.56. The van der Waals surface area contributed by atoms with E-state index in [4.69, 9.17) is 28.2 Å².